The monoisotopic (exact) mass is 730 g/mol. The Kier molecular flexibility index (Phi) is 15.4. The normalized spacial score (nSPS) is 28.5. The van der Waals surface area contributed by atoms with E-state index in [0.717, 1.165) is 37.1 Å². The summed E-state index contributed by atoms with van der Waals surface area (Å²) < 4.78 is 51.4. The fraction of sp³-hybridized carbons (Fsp3) is 0.903. The first-order chi connectivity index (χ1) is 23.8. The summed E-state index contributed by atoms with van der Waals surface area (Å²) in [5.74, 6) is 1.36. The van der Waals surface area contributed by atoms with Gasteiger partial charge in [0.15, 0.2) is 0 Å². The maximum atomic E-state index is 12.1. The summed E-state index contributed by atoms with van der Waals surface area (Å²) >= 11 is 0. The molecule has 0 bridgehead atoms. The number of hydrogen-bond donors (Lipinski definition) is 4. The lowest BCUT2D eigenvalue weighted by atomic mass is 9.92. The average molecular weight is 731 g/mol. The molecule has 3 aliphatic rings. The van der Waals surface area contributed by atoms with Crippen LogP contribution in [0.25, 0.3) is 0 Å². The molecule has 19 heteroatoms. The van der Waals surface area contributed by atoms with Crippen molar-refractivity contribution in [1.82, 2.24) is 25.2 Å². The Bertz CT molecular complexity index is 1250. The molecule has 9 atom stereocenters. The maximum absolute atomic E-state index is 12.1. The number of nitrogens with one attached hydrogen (secondary N) is 1. The van der Waals surface area contributed by atoms with E-state index in [9.17, 15) is 19.6 Å². The Morgan fingerprint density at radius 2 is 1.82 bits per heavy atom. The van der Waals surface area contributed by atoms with Gasteiger partial charge in [0.25, 0.3) is 0 Å². The van der Waals surface area contributed by atoms with E-state index < -0.39 is 56.8 Å². The van der Waals surface area contributed by atoms with Gasteiger partial charge >= 0.3 is 14.3 Å². The van der Waals surface area contributed by atoms with E-state index in [2.05, 4.69) is 15.6 Å². The molecule has 17 nitrogen and oxygen atoms in total. The molecule has 0 spiro atoms. The molecule has 9 unspecified atom stereocenters. The highest BCUT2D eigenvalue weighted by Gasteiger charge is 2.51. The van der Waals surface area contributed by atoms with Crippen molar-refractivity contribution in [1.29, 1.82) is 0 Å². The second-order valence-corrected chi connectivity index (χ2v) is 14.5. The summed E-state index contributed by atoms with van der Waals surface area (Å²) in [6.45, 7) is 10.0. The highest BCUT2D eigenvalue weighted by molar-refractivity contribution is 7.32. The van der Waals surface area contributed by atoms with Crippen LogP contribution in [0.3, 0.4) is 0 Å². The smallest absolute Gasteiger partial charge is 0.449 e. The first-order valence-corrected chi connectivity index (χ1v) is 18.4. The Morgan fingerprint density at radius 3 is 2.52 bits per heavy atom. The molecule has 50 heavy (non-hydrogen) atoms. The summed E-state index contributed by atoms with van der Waals surface area (Å²) in [6.07, 6.45) is -0.423. The van der Waals surface area contributed by atoms with Gasteiger partial charge in [-0.1, -0.05) is 12.1 Å². The number of carbonyl (C=O) groups excluding carboxylic acids is 1. The molecule has 1 saturated carbocycles. The molecule has 0 aromatic carbocycles. The van der Waals surface area contributed by atoms with E-state index in [4.69, 9.17) is 45.7 Å². The minimum Gasteiger partial charge on any atom is -0.449 e. The van der Waals surface area contributed by atoms with E-state index in [1.807, 2.05) is 25.5 Å². The van der Waals surface area contributed by atoms with Crippen LogP contribution in [0.4, 0.5) is 4.79 Å². The highest BCUT2D eigenvalue weighted by Crippen LogP contribution is 2.53. The van der Waals surface area contributed by atoms with Gasteiger partial charge in [-0.15, -0.1) is 14.5 Å². The third-order valence-corrected chi connectivity index (χ3v) is 10.2. The van der Waals surface area contributed by atoms with Crippen molar-refractivity contribution in [3.63, 3.8) is 0 Å². The minimum absolute atomic E-state index is 0.106. The topological polar surface area (TPSA) is 205 Å². The van der Waals surface area contributed by atoms with Crippen LogP contribution in [-0.4, -0.2) is 145 Å². The van der Waals surface area contributed by atoms with Crippen LogP contribution in [0.15, 0.2) is 0 Å². The first-order valence-electron chi connectivity index (χ1n) is 17.3. The molecule has 2 aliphatic carbocycles. The van der Waals surface area contributed by atoms with Crippen molar-refractivity contribution in [3.8, 4) is 0 Å². The van der Waals surface area contributed by atoms with Gasteiger partial charge < -0.3 is 44.0 Å². The molecule has 282 valence electrons. The zero-order valence-corrected chi connectivity index (χ0v) is 30.7. The number of aromatic nitrogens is 3. The lowest BCUT2D eigenvalue weighted by Crippen LogP contribution is -2.69. The van der Waals surface area contributed by atoms with Gasteiger partial charge in [0.2, 0.25) is 0 Å². The molecular formula is C31H54BN5O12P+. The van der Waals surface area contributed by atoms with Crippen LogP contribution in [-0.2, 0) is 56.9 Å². The molecule has 4 rings (SSSR count). The molecule has 1 aromatic rings. The quantitative estimate of drug-likeness (QED) is 0.0834. The van der Waals surface area contributed by atoms with Crippen LogP contribution < -0.4 is 5.32 Å². The van der Waals surface area contributed by atoms with Crippen LogP contribution in [0.5, 0.6) is 0 Å². The van der Waals surface area contributed by atoms with Crippen LogP contribution in [0, 0.1) is 17.8 Å². The van der Waals surface area contributed by atoms with E-state index in [-0.39, 0.29) is 6.61 Å². The fourth-order valence-electron chi connectivity index (χ4n) is 6.74. The number of aryl methyl sites for hydroxylation is 1. The van der Waals surface area contributed by atoms with Crippen molar-refractivity contribution in [2.24, 2.45) is 17.8 Å². The average Bonchev–Trinajstić information content (AvgIpc) is 3.58. The summed E-state index contributed by atoms with van der Waals surface area (Å²) in [5.41, 5.74) is 0.145. The van der Waals surface area contributed by atoms with Crippen molar-refractivity contribution in [2.75, 3.05) is 59.9 Å². The zero-order chi connectivity index (χ0) is 36.5. The zero-order valence-electron chi connectivity index (χ0n) is 29.8. The molecule has 1 aliphatic heterocycles. The van der Waals surface area contributed by atoms with Gasteiger partial charge in [-0.05, 0) is 70.6 Å². The van der Waals surface area contributed by atoms with E-state index >= 15 is 0 Å². The van der Waals surface area contributed by atoms with Crippen LogP contribution in [0.2, 0.25) is 0 Å². The number of nitrogens with zero attached hydrogens (tertiary/aromatic N) is 4. The number of aliphatic hydroxyl groups excluding tert-OH is 2. The Labute approximate surface area is 295 Å². The van der Waals surface area contributed by atoms with Gasteiger partial charge in [-0.2, -0.15) is 0 Å². The minimum atomic E-state index is -2.92. The van der Waals surface area contributed by atoms with Crippen molar-refractivity contribution in [2.45, 2.75) is 102 Å². The number of morpholine rings is 1. The van der Waals surface area contributed by atoms with E-state index in [1.54, 1.807) is 14.0 Å². The third kappa shape index (κ3) is 11.1. The second kappa shape index (κ2) is 18.8. The van der Waals surface area contributed by atoms with Crippen molar-refractivity contribution >= 4 is 22.2 Å². The highest BCUT2D eigenvalue weighted by atomic mass is 31.1. The lowest BCUT2D eigenvalue weighted by molar-refractivity contribution is -0.326. The van der Waals surface area contributed by atoms with Crippen molar-refractivity contribution in [3.05, 3.63) is 11.4 Å². The number of hydrogen-bond acceptors (Lipinski definition) is 14. The van der Waals surface area contributed by atoms with Gasteiger partial charge in [-0.25, -0.2) is 14.4 Å². The SMILES string of the molecule is [B]C1OC(CO[P+](=O)O)C(O)N(C(C)(CC)OCC(C)(C)OCCn2nnc3c2CCC2C(CC3)C2COC(=O)NCCOCCOC)C1O. The van der Waals surface area contributed by atoms with Gasteiger partial charge in [-0.3, -0.25) is 0 Å². The number of aliphatic hydroxyl groups is 2. The molecule has 2 heterocycles. The van der Waals surface area contributed by atoms with E-state index in [0.29, 0.717) is 70.3 Å². The third-order valence-electron chi connectivity index (χ3n) is 9.82. The Balaban J connectivity index is 1.22. The van der Waals surface area contributed by atoms with Gasteiger partial charge in [0, 0.05) is 18.2 Å². The summed E-state index contributed by atoms with van der Waals surface area (Å²) in [7, 11) is 4.67. The van der Waals surface area contributed by atoms with Gasteiger partial charge in [0.1, 0.15) is 38.7 Å². The number of fused-ring (bicyclic) bond motifs is 2. The number of alkyl carbamates (subject to hydrolysis) is 1. The predicted octanol–water partition coefficient (Wildman–Crippen LogP) is 0.845. The Morgan fingerprint density at radius 1 is 1.08 bits per heavy atom. The number of amides is 1. The largest absolute Gasteiger partial charge is 0.694 e. The van der Waals surface area contributed by atoms with Crippen LogP contribution in [0.1, 0.15) is 58.3 Å². The summed E-state index contributed by atoms with van der Waals surface area (Å²) in [5, 5.41) is 33.5. The number of ether oxygens (including phenoxy) is 6. The Hall–Kier alpha value is -1.83. The summed E-state index contributed by atoms with van der Waals surface area (Å²) in [4.78, 5) is 22.4. The number of methoxy groups -OCH3 is 1. The molecule has 1 aromatic heterocycles. The maximum Gasteiger partial charge on any atom is 0.694 e. The first kappa shape index (κ1) is 40.9. The number of carbonyl (C=O) groups is 1. The standard InChI is InChI=1S/C31H53BN5O12P/c1-6-31(4,37-27(38)25(18-48-50(41)42)49-26(32)28(37)39)47-19-30(2,3)46-14-12-36-24-10-8-21-20(7-9-23(24)34-35-36)22(21)17-45-29(40)33-11-13-44-16-15-43-5/h20-22,25-28,38-39H,6-19H2,1-5H3,(H-,33,40,41,42)/p+1. The lowest BCUT2D eigenvalue weighted by Gasteiger charge is -2.52. The summed E-state index contributed by atoms with van der Waals surface area (Å²) in [6, 6.07) is -1.22. The second-order valence-electron chi connectivity index (χ2n) is 13.7. The van der Waals surface area contributed by atoms with E-state index in [1.165, 1.54) is 4.90 Å². The molecule has 2 radical (unpaired) electrons. The molecule has 2 fully saturated rings. The van der Waals surface area contributed by atoms with Gasteiger partial charge in [0.05, 0.1) is 69.2 Å². The predicted molar refractivity (Wildman–Crippen MR) is 178 cm³/mol. The number of rotatable bonds is 20. The molecule has 1 saturated heterocycles. The van der Waals surface area contributed by atoms with Crippen LogP contribution >= 0.6 is 8.25 Å². The molecule has 4 N–H and O–H groups in total. The fourth-order valence-corrected chi connectivity index (χ4v) is 7.01. The van der Waals surface area contributed by atoms with Crippen molar-refractivity contribution < 1.29 is 57.4 Å². The molecular weight excluding hydrogens is 676 g/mol. The molecule has 1 amide bonds.